The Balaban J connectivity index is 4.43. The van der Waals surface area contributed by atoms with Gasteiger partial charge in [0, 0.05) is 19.3 Å². The van der Waals surface area contributed by atoms with Gasteiger partial charge >= 0.3 is 17.9 Å². The van der Waals surface area contributed by atoms with Crippen molar-refractivity contribution in [2.75, 3.05) is 13.2 Å². The minimum atomic E-state index is -0.803. The molecule has 0 saturated carbocycles. The van der Waals surface area contributed by atoms with E-state index in [1.807, 2.05) is 30.4 Å². The van der Waals surface area contributed by atoms with Crippen LogP contribution in [0.15, 0.2) is 85.1 Å². The van der Waals surface area contributed by atoms with Gasteiger partial charge < -0.3 is 14.2 Å². The average molecular weight is 948 g/mol. The highest BCUT2D eigenvalue weighted by molar-refractivity contribution is 5.71. The topological polar surface area (TPSA) is 78.9 Å². The summed E-state index contributed by atoms with van der Waals surface area (Å²) in [6.45, 7) is 6.46. The fourth-order valence-corrected chi connectivity index (χ4v) is 7.91. The molecule has 0 heterocycles. The molecule has 0 aromatic rings. The number of hydrogen-bond donors (Lipinski definition) is 0. The summed E-state index contributed by atoms with van der Waals surface area (Å²) >= 11 is 0. The molecule has 0 aliphatic carbocycles. The quantitative estimate of drug-likeness (QED) is 0.0199. The molecule has 6 heteroatoms. The lowest BCUT2D eigenvalue weighted by molar-refractivity contribution is -0.167. The van der Waals surface area contributed by atoms with Crippen LogP contribution in [0.1, 0.15) is 271 Å². The molecule has 0 bridgehead atoms. The number of allylic oxidation sites excluding steroid dienone is 14. The van der Waals surface area contributed by atoms with E-state index in [0.29, 0.717) is 19.3 Å². The normalized spacial score (nSPS) is 12.7. The maximum absolute atomic E-state index is 12.8. The first-order valence-electron chi connectivity index (χ1n) is 28.7. The van der Waals surface area contributed by atoms with Crippen LogP contribution in [-0.4, -0.2) is 37.2 Å². The summed E-state index contributed by atoms with van der Waals surface area (Å²) in [5, 5.41) is 0. The largest absolute Gasteiger partial charge is 0.462 e. The number of ether oxygens (including phenoxy) is 3. The van der Waals surface area contributed by atoms with E-state index in [0.717, 1.165) is 89.9 Å². The van der Waals surface area contributed by atoms with Crippen LogP contribution in [-0.2, 0) is 28.6 Å². The zero-order valence-electron chi connectivity index (χ0n) is 44.6. The molecule has 0 radical (unpaired) electrons. The van der Waals surface area contributed by atoms with Crippen molar-refractivity contribution in [1.29, 1.82) is 0 Å². The van der Waals surface area contributed by atoms with Gasteiger partial charge in [0.15, 0.2) is 6.10 Å². The SMILES string of the molecule is CC/C=C/C=C/C=C/C=C/CCCCCC(=O)OCC(COC(=O)CCCCCCCCC/C=C/CCCCCCCCCC)OC(=O)CCCCCCC/C=C/C=C/CCCCCCCCC. The van der Waals surface area contributed by atoms with Crippen LogP contribution < -0.4 is 0 Å². The molecule has 0 aliphatic rings. The number of unbranched alkanes of at least 4 members (excludes halogenated alkanes) is 30. The Kier molecular flexibility index (Phi) is 53.4. The van der Waals surface area contributed by atoms with E-state index in [2.05, 4.69) is 75.5 Å². The van der Waals surface area contributed by atoms with Gasteiger partial charge in [0.1, 0.15) is 13.2 Å². The van der Waals surface area contributed by atoms with Crippen LogP contribution >= 0.6 is 0 Å². The summed E-state index contributed by atoms with van der Waals surface area (Å²) in [5.74, 6) is -0.953. The maximum Gasteiger partial charge on any atom is 0.306 e. The lowest BCUT2D eigenvalue weighted by atomic mass is 10.1. The van der Waals surface area contributed by atoms with Crippen LogP contribution in [0, 0.1) is 0 Å². The predicted molar refractivity (Wildman–Crippen MR) is 293 cm³/mol. The molecule has 0 aromatic carbocycles. The minimum Gasteiger partial charge on any atom is -0.462 e. The van der Waals surface area contributed by atoms with Gasteiger partial charge in [0.25, 0.3) is 0 Å². The minimum absolute atomic E-state index is 0.0979. The molecule has 68 heavy (non-hydrogen) atoms. The van der Waals surface area contributed by atoms with Gasteiger partial charge in [-0.2, -0.15) is 0 Å². The van der Waals surface area contributed by atoms with E-state index in [9.17, 15) is 14.4 Å². The third-order valence-corrected chi connectivity index (χ3v) is 12.2. The Hall–Kier alpha value is -3.41. The van der Waals surface area contributed by atoms with E-state index in [1.54, 1.807) is 0 Å². The molecule has 0 fully saturated rings. The Morgan fingerprint density at radius 1 is 0.309 bits per heavy atom. The van der Waals surface area contributed by atoms with Crippen molar-refractivity contribution in [2.45, 2.75) is 277 Å². The summed E-state index contributed by atoms with van der Waals surface area (Å²) in [4.78, 5) is 38.1. The van der Waals surface area contributed by atoms with Crippen molar-refractivity contribution in [1.82, 2.24) is 0 Å². The van der Waals surface area contributed by atoms with Gasteiger partial charge in [-0.3, -0.25) is 14.4 Å². The Bertz CT molecular complexity index is 1320. The van der Waals surface area contributed by atoms with Crippen LogP contribution in [0.2, 0.25) is 0 Å². The zero-order chi connectivity index (χ0) is 49.3. The van der Waals surface area contributed by atoms with E-state index in [-0.39, 0.29) is 31.1 Å². The zero-order valence-corrected chi connectivity index (χ0v) is 44.6. The van der Waals surface area contributed by atoms with Crippen LogP contribution in [0.5, 0.6) is 0 Å². The molecule has 0 amide bonds. The third kappa shape index (κ3) is 53.5. The van der Waals surface area contributed by atoms with Gasteiger partial charge in [0.2, 0.25) is 0 Å². The second-order valence-corrected chi connectivity index (χ2v) is 18.9. The van der Waals surface area contributed by atoms with Gasteiger partial charge in [0.05, 0.1) is 0 Å². The molecule has 0 aromatic heterocycles. The molecular weight excluding hydrogens is 841 g/mol. The summed E-state index contributed by atoms with van der Waals surface area (Å²) in [7, 11) is 0. The van der Waals surface area contributed by atoms with Crippen LogP contribution in [0.3, 0.4) is 0 Å². The molecule has 1 atom stereocenters. The first-order chi connectivity index (χ1) is 33.5. The second-order valence-electron chi connectivity index (χ2n) is 18.9. The van der Waals surface area contributed by atoms with Crippen molar-refractivity contribution in [3.8, 4) is 0 Å². The first-order valence-corrected chi connectivity index (χ1v) is 28.7. The standard InChI is InChI=1S/C62H106O6/c1-4-7-10-13-16-19-22-25-27-29-31-33-34-37-40-43-46-49-52-55-61(64)67-58-59(57-66-60(63)54-51-48-45-42-39-36-24-21-18-15-12-9-6-3)68-62(65)56-53-50-47-44-41-38-35-32-30-28-26-23-20-17-14-11-8-5-2/h9,12,15,18,21,24,28-32,35-36,39,59H,4-8,10-11,13-14,16-17,19-20,22-23,25-27,33-34,37-38,40-58H2,1-3H3/b12-9+,18-15+,24-21+,30-28+,31-29+,35-32+,39-36+. The summed E-state index contributed by atoms with van der Waals surface area (Å²) in [6, 6.07) is 0. The molecular formula is C62H106O6. The monoisotopic (exact) mass is 947 g/mol. The first kappa shape index (κ1) is 64.6. The smallest absolute Gasteiger partial charge is 0.306 e. The molecule has 0 spiro atoms. The van der Waals surface area contributed by atoms with E-state index in [4.69, 9.17) is 14.2 Å². The highest BCUT2D eigenvalue weighted by atomic mass is 16.6. The molecule has 0 rings (SSSR count). The van der Waals surface area contributed by atoms with E-state index in [1.165, 1.54) is 141 Å². The molecule has 390 valence electrons. The molecule has 0 aliphatic heterocycles. The number of carbonyl (C=O) groups is 3. The molecule has 6 nitrogen and oxygen atoms in total. The lowest BCUT2D eigenvalue weighted by Gasteiger charge is -2.18. The number of carbonyl (C=O) groups excluding carboxylic acids is 3. The van der Waals surface area contributed by atoms with Crippen molar-refractivity contribution < 1.29 is 28.6 Å². The third-order valence-electron chi connectivity index (χ3n) is 12.2. The second kappa shape index (κ2) is 56.2. The Morgan fingerprint density at radius 2 is 0.588 bits per heavy atom. The lowest BCUT2D eigenvalue weighted by Crippen LogP contribution is -2.30. The Labute approximate surface area is 420 Å². The van der Waals surface area contributed by atoms with Gasteiger partial charge in [-0.1, -0.05) is 247 Å². The molecule has 0 N–H and O–H groups in total. The van der Waals surface area contributed by atoms with Gasteiger partial charge in [-0.25, -0.2) is 0 Å². The van der Waals surface area contributed by atoms with Crippen molar-refractivity contribution >= 4 is 17.9 Å². The highest BCUT2D eigenvalue weighted by Gasteiger charge is 2.19. The van der Waals surface area contributed by atoms with Crippen LogP contribution in [0.4, 0.5) is 0 Å². The summed E-state index contributed by atoms with van der Waals surface area (Å²) in [6.07, 6.45) is 72.9. The summed E-state index contributed by atoms with van der Waals surface area (Å²) < 4.78 is 16.8. The number of hydrogen-bond acceptors (Lipinski definition) is 6. The fraction of sp³-hybridized carbons (Fsp3) is 0.726. The van der Waals surface area contributed by atoms with Crippen molar-refractivity contribution in [3.05, 3.63) is 85.1 Å². The number of esters is 3. The van der Waals surface area contributed by atoms with E-state index < -0.39 is 6.10 Å². The predicted octanol–water partition coefficient (Wildman–Crippen LogP) is 19.2. The van der Waals surface area contributed by atoms with Crippen LogP contribution in [0.25, 0.3) is 0 Å². The highest BCUT2D eigenvalue weighted by Crippen LogP contribution is 2.15. The number of rotatable bonds is 51. The molecule has 0 saturated heterocycles. The Morgan fingerprint density at radius 3 is 0.971 bits per heavy atom. The fourth-order valence-electron chi connectivity index (χ4n) is 7.91. The summed E-state index contributed by atoms with van der Waals surface area (Å²) in [5.41, 5.74) is 0. The van der Waals surface area contributed by atoms with Crippen molar-refractivity contribution in [3.63, 3.8) is 0 Å². The molecule has 1 unspecified atom stereocenters. The van der Waals surface area contributed by atoms with Gasteiger partial charge in [-0.15, -0.1) is 0 Å². The average Bonchev–Trinajstić information content (AvgIpc) is 3.34. The van der Waals surface area contributed by atoms with E-state index >= 15 is 0 Å². The van der Waals surface area contributed by atoms with Crippen molar-refractivity contribution in [2.24, 2.45) is 0 Å². The van der Waals surface area contributed by atoms with Gasteiger partial charge in [-0.05, 0) is 89.9 Å². The maximum atomic E-state index is 12.8.